The van der Waals surface area contributed by atoms with Crippen LogP contribution in [-0.2, 0) is 18.6 Å². The van der Waals surface area contributed by atoms with Crippen LogP contribution in [-0.4, -0.2) is 13.1 Å². The van der Waals surface area contributed by atoms with E-state index in [1.165, 1.54) is 27.7 Å². The molecule has 0 atom stereocenters. The van der Waals surface area contributed by atoms with Crippen molar-refractivity contribution in [2.75, 3.05) is 13.1 Å². The van der Waals surface area contributed by atoms with E-state index in [1.807, 2.05) is 30.3 Å². The molecule has 1 aliphatic heterocycles. The molecule has 1 N–H and O–H groups in total. The molecule has 1 aliphatic rings. The van der Waals surface area contributed by atoms with Crippen molar-refractivity contribution in [1.82, 2.24) is 5.32 Å². The standard InChI is InChI=1S/C23H21ClFNOS/c24-20-10-7-17-11-13-26-14-12-19(17)23(20)28-15-16-5-8-18(9-6-16)27-22-4-2-1-3-21(22)25/h1-10,26H,11-15H2. The van der Waals surface area contributed by atoms with E-state index in [0.717, 1.165) is 36.7 Å². The highest BCUT2D eigenvalue weighted by atomic mass is 35.5. The largest absolute Gasteiger partial charge is 0.454 e. The van der Waals surface area contributed by atoms with Gasteiger partial charge in [-0.1, -0.05) is 41.9 Å². The number of thioether (sulfide) groups is 1. The lowest BCUT2D eigenvalue weighted by Crippen LogP contribution is -2.16. The number of fused-ring (bicyclic) bond motifs is 1. The van der Waals surface area contributed by atoms with Gasteiger partial charge in [0, 0.05) is 10.6 Å². The van der Waals surface area contributed by atoms with Gasteiger partial charge in [0.15, 0.2) is 11.6 Å². The van der Waals surface area contributed by atoms with Crippen LogP contribution in [0.15, 0.2) is 65.6 Å². The fraction of sp³-hybridized carbons (Fsp3) is 0.217. The number of benzene rings is 3. The molecule has 0 aromatic heterocycles. The predicted octanol–water partition coefficient (Wildman–Crippen LogP) is 6.25. The molecular weight excluding hydrogens is 393 g/mol. The van der Waals surface area contributed by atoms with Crippen LogP contribution in [0, 0.1) is 5.82 Å². The Labute approximate surface area is 174 Å². The van der Waals surface area contributed by atoms with Gasteiger partial charge >= 0.3 is 0 Å². The van der Waals surface area contributed by atoms with Crippen LogP contribution < -0.4 is 10.1 Å². The molecule has 0 fully saturated rings. The Kier molecular flexibility index (Phi) is 6.20. The van der Waals surface area contributed by atoms with Crippen molar-refractivity contribution in [2.24, 2.45) is 0 Å². The van der Waals surface area contributed by atoms with Crippen LogP contribution in [0.3, 0.4) is 0 Å². The molecular formula is C23H21ClFNOS. The van der Waals surface area contributed by atoms with Gasteiger partial charge in [-0.25, -0.2) is 4.39 Å². The number of hydrogen-bond donors (Lipinski definition) is 1. The van der Waals surface area contributed by atoms with Crippen molar-refractivity contribution in [3.63, 3.8) is 0 Å². The summed E-state index contributed by atoms with van der Waals surface area (Å²) in [5.74, 6) is 1.31. The second kappa shape index (κ2) is 8.99. The molecule has 1 heterocycles. The fourth-order valence-corrected chi connectivity index (χ4v) is 4.79. The van der Waals surface area contributed by atoms with Gasteiger partial charge in [-0.05, 0) is 73.0 Å². The number of ether oxygens (including phenoxy) is 1. The fourth-order valence-electron chi connectivity index (χ4n) is 3.33. The molecule has 0 unspecified atom stereocenters. The van der Waals surface area contributed by atoms with Gasteiger partial charge in [0.1, 0.15) is 5.75 Å². The Morgan fingerprint density at radius 1 is 0.964 bits per heavy atom. The summed E-state index contributed by atoms with van der Waals surface area (Å²) >= 11 is 8.29. The Balaban J connectivity index is 1.45. The lowest BCUT2D eigenvalue weighted by atomic mass is 10.0. The Morgan fingerprint density at radius 3 is 2.57 bits per heavy atom. The molecule has 3 aromatic carbocycles. The highest BCUT2D eigenvalue weighted by Crippen LogP contribution is 2.36. The van der Waals surface area contributed by atoms with Crippen LogP contribution in [0.25, 0.3) is 0 Å². The first-order valence-corrected chi connectivity index (χ1v) is 10.7. The normalized spacial score (nSPS) is 13.6. The molecule has 0 aliphatic carbocycles. The zero-order valence-electron chi connectivity index (χ0n) is 15.4. The molecule has 5 heteroatoms. The molecule has 28 heavy (non-hydrogen) atoms. The first-order chi connectivity index (χ1) is 13.7. The van der Waals surface area contributed by atoms with Gasteiger partial charge in [-0.3, -0.25) is 0 Å². The van der Waals surface area contributed by atoms with Crippen molar-refractivity contribution >= 4 is 23.4 Å². The number of hydrogen-bond acceptors (Lipinski definition) is 3. The van der Waals surface area contributed by atoms with E-state index in [-0.39, 0.29) is 11.6 Å². The topological polar surface area (TPSA) is 21.3 Å². The molecule has 3 aromatic rings. The maximum Gasteiger partial charge on any atom is 0.165 e. The van der Waals surface area contributed by atoms with Crippen LogP contribution in [0.5, 0.6) is 11.5 Å². The molecule has 0 spiro atoms. The van der Waals surface area contributed by atoms with Crippen molar-refractivity contribution in [3.05, 3.63) is 88.2 Å². The van der Waals surface area contributed by atoms with Crippen LogP contribution >= 0.6 is 23.4 Å². The summed E-state index contributed by atoms with van der Waals surface area (Å²) < 4.78 is 19.3. The minimum Gasteiger partial charge on any atom is -0.454 e. The lowest BCUT2D eigenvalue weighted by Gasteiger charge is -2.14. The van der Waals surface area contributed by atoms with Gasteiger partial charge < -0.3 is 10.1 Å². The van der Waals surface area contributed by atoms with E-state index in [2.05, 4.69) is 11.4 Å². The third-order valence-corrected chi connectivity index (χ3v) is 6.46. The SMILES string of the molecule is Fc1ccccc1Oc1ccc(CSc2c(Cl)ccc3c2CCNCC3)cc1. The number of nitrogens with one attached hydrogen (secondary N) is 1. The number of halogens is 2. The molecule has 0 bridgehead atoms. The van der Waals surface area contributed by atoms with Gasteiger partial charge in [0.25, 0.3) is 0 Å². The number of rotatable bonds is 5. The Bertz CT molecular complexity index is 961. The summed E-state index contributed by atoms with van der Waals surface area (Å²) in [6.07, 6.45) is 2.05. The number of para-hydroxylation sites is 1. The van der Waals surface area contributed by atoms with Crippen LogP contribution in [0.1, 0.15) is 16.7 Å². The molecule has 0 amide bonds. The monoisotopic (exact) mass is 413 g/mol. The summed E-state index contributed by atoms with van der Waals surface area (Å²) in [7, 11) is 0. The minimum atomic E-state index is -0.365. The highest BCUT2D eigenvalue weighted by Gasteiger charge is 2.15. The minimum absolute atomic E-state index is 0.233. The summed E-state index contributed by atoms with van der Waals surface area (Å²) in [4.78, 5) is 1.19. The van der Waals surface area contributed by atoms with Gasteiger partial charge in [-0.2, -0.15) is 0 Å². The molecule has 2 nitrogen and oxygen atoms in total. The van der Waals surface area contributed by atoms with Gasteiger partial charge in [0.2, 0.25) is 0 Å². The Morgan fingerprint density at radius 2 is 1.75 bits per heavy atom. The van der Waals surface area contributed by atoms with E-state index in [4.69, 9.17) is 16.3 Å². The van der Waals surface area contributed by atoms with Crippen molar-refractivity contribution in [3.8, 4) is 11.5 Å². The summed E-state index contributed by atoms with van der Waals surface area (Å²) in [6, 6.07) is 18.4. The van der Waals surface area contributed by atoms with Crippen LogP contribution in [0.2, 0.25) is 5.02 Å². The Hall–Kier alpha value is -2.01. The summed E-state index contributed by atoms with van der Waals surface area (Å²) in [5.41, 5.74) is 3.94. The summed E-state index contributed by atoms with van der Waals surface area (Å²) in [5, 5.41) is 4.28. The van der Waals surface area contributed by atoms with Crippen molar-refractivity contribution in [2.45, 2.75) is 23.5 Å². The smallest absolute Gasteiger partial charge is 0.165 e. The average molecular weight is 414 g/mol. The van der Waals surface area contributed by atoms with E-state index >= 15 is 0 Å². The lowest BCUT2D eigenvalue weighted by molar-refractivity contribution is 0.442. The quantitative estimate of drug-likeness (QED) is 0.499. The highest BCUT2D eigenvalue weighted by molar-refractivity contribution is 7.98. The third-order valence-electron chi connectivity index (χ3n) is 4.80. The third kappa shape index (κ3) is 4.52. The van der Waals surface area contributed by atoms with Gasteiger partial charge in [0.05, 0.1) is 5.02 Å². The first-order valence-electron chi connectivity index (χ1n) is 9.36. The van der Waals surface area contributed by atoms with Gasteiger partial charge in [-0.15, -0.1) is 11.8 Å². The average Bonchev–Trinajstić information content (AvgIpc) is 2.96. The van der Waals surface area contributed by atoms with Crippen molar-refractivity contribution < 1.29 is 9.13 Å². The first kappa shape index (κ1) is 19.3. The second-order valence-electron chi connectivity index (χ2n) is 6.73. The van der Waals surface area contributed by atoms with E-state index in [1.54, 1.807) is 30.0 Å². The maximum atomic E-state index is 13.7. The van der Waals surface area contributed by atoms with E-state index < -0.39 is 0 Å². The predicted molar refractivity (Wildman–Crippen MR) is 114 cm³/mol. The summed E-state index contributed by atoms with van der Waals surface area (Å²) in [6.45, 7) is 2.01. The van der Waals surface area contributed by atoms with E-state index in [9.17, 15) is 4.39 Å². The van der Waals surface area contributed by atoms with Crippen LogP contribution in [0.4, 0.5) is 4.39 Å². The molecule has 4 rings (SSSR count). The zero-order chi connectivity index (χ0) is 19.3. The second-order valence-corrected chi connectivity index (χ2v) is 8.12. The van der Waals surface area contributed by atoms with E-state index in [0.29, 0.717) is 5.75 Å². The molecule has 0 saturated heterocycles. The zero-order valence-corrected chi connectivity index (χ0v) is 17.0. The maximum absolute atomic E-state index is 13.7. The molecule has 0 saturated carbocycles. The van der Waals surface area contributed by atoms with Crippen molar-refractivity contribution in [1.29, 1.82) is 0 Å². The molecule has 144 valence electrons. The molecule has 0 radical (unpaired) electrons.